The summed E-state index contributed by atoms with van der Waals surface area (Å²) in [6, 6.07) is 10.3. The van der Waals surface area contributed by atoms with Crippen LogP contribution in [-0.4, -0.2) is 47.0 Å². The number of aromatic nitrogens is 2. The van der Waals surface area contributed by atoms with Gasteiger partial charge in [-0.25, -0.2) is 14.4 Å². The van der Waals surface area contributed by atoms with Crippen LogP contribution in [0.2, 0.25) is 0 Å². The summed E-state index contributed by atoms with van der Waals surface area (Å²) >= 11 is 1.60. The number of ether oxygens (including phenoxy) is 1. The summed E-state index contributed by atoms with van der Waals surface area (Å²) < 4.78 is 19.6. The van der Waals surface area contributed by atoms with Crippen molar-refractivity contribution < 1.29 is 13.9 Å². The third-order valence-electron chi connectivity index (χ3n) is 4.79. The SMILES string of the molecule is Cc1ccc(F)c(Oc2cc(N3CCN(C(=O)Cc4cccs4)CC3)ncn2)c1. The molecule has 1 aliphatic rings. The number of hydrogen-bond donors (Lipinski definition) is 0. The van der Waals surface area contributed by atoms with Crippen LogP contribution < -0.4 is 9.64 Å². The number of aryl methyl sites for hydroxylation is 1. The van der Waals surface area contributed by atoms with Gasteiger partial charge in [-0.3, -0.25) is 4.79 Å². The number of nitrogens with zero attached hydrogens (tertiary/aromatic N) is 4. The Labute approximate surface area is 172 Å². The summed E-state index contributed by atoms with van der Waals surface area (Å²) in [5.41, 5.74) is 0.902. The summed E-state index contributed by atoms with van der Waals surface area (Å²) in [7, 11) is 0. The van der Waals surface area contributed by atoms with Gasteiger partial charge in [0.25, 0.3) is 0 Å². The van der Waals surface area contributed by atoms with Gasteiger partial charge in [0.15, 0.2) is 11.6 Å². The number of thiophene rings is 1. The lowest BCUT2D eigenvalue weighted by molar-refractivity contribution is -0.130. The first-order valence-corrected chi connectivity index (χ1v) is 10.3. The van der Waals surface area contributed by atoms with E-state index in [2.05, 4.69) is 14.9 Å². The van der Waals surface area contributed by atoms with E-state index in [4.69, 9.17) is 4.74 Å². The Hall–Kier alpha value is -3.00. The molecule has 6 nitrogen and oxygen atoms in total. The number of benzene rings is 1. The number of halogens is 1. The summed E-state index contributed by atoms with van der Waals surface area (Å²) in [5.74, 6) is 0.838. The molecule has 8 heteroatoms. The Morgan fingerprint density at radius 2 is 2.00 bits per heavy atom. The van der Waals surface area contributed by atoms with E-state index >= 15 is 0 Å². The summed E-state index contributed by atoms with van der Waals surface area (Å²) in [4.78, 5) is 25.9. The molecule has 1 saturated heterocycles. The van der Waals surface area contributed by atoms with Crippen LogP contribution in [0.4, 0.5) is 10.2 Å². The Balaban J connectivity index is 1.38. The number of carbonyl (C=O) groups excluding carboxylic acids is 1. The molecule has 0 bridgehead atoms. The Morgan fingerprint density at radius 3 is 2.76 bits per heavy atom. The lowest BCUT2D eigenvalue weighted by Gasteiger charge is -2.35. The van der Waals surface area contributed by atoms with Crippen LogP contribution in [0.1, 0.15) is 10.4 Å². The van der Waals surface area contributed by atoms with Gasteiger partial charge < -0.3 is 14.5 Å². The molecular formula is C21H21FN4O2S. The van der Waals surface area contributed by atoms with Crippen LogP contribution in [0.3, 0.4) is 0 Å². The van der Waals surface area contributed by atoms with Crippen molar-refractivity contribution in [2.24, 2.45) is 0 Å². The second-order valence-electron chi connectivity index (χ2n) is 6.87. The topological polar surface area (TPSA) is 58.6 Å². The van der Waals surface area contributed by atoms with Gasteiger partial charge in [0, 0.05) is 37.1 Å². The average molecular weight is 412 g/mol. The van der Waals surface area contributed by atoms with Gasteiger partial charge in [0.05, 0.1) is 6.42 Å². The summed E-state index contributed by atoms with van der Waals surface area (Å²) in [6.45, 7) is 4.49. The Kier molecular flexibility index (Phi) is 5.71. The van der Waals surface area contributed by atoms with Crippen molar-refractivity contribution in [1.29, 1.82) is 0 Å². The predicted octanol–water partition coefficient (Wildman–Crippen LogP) is 3.67. The fourth-order valence-electron chi connectivity index (χ4n) is 3.22. The first-order chi connectivity index (χ1) is 14.1. The number of rotatable bonds is 5. The fourth-order valence-corrected chi connectivity index (χ4v) is 3.91. The van der Waals surface area contributed by atoms with Gasteiger partial charge in [-0.1, -0.05) is 12.1 Å². The maximum Gasteiger partial charge on any atom is 0.227 e. The van der Waals surface area contributed by atoms with Crippen LogP contribution in [-0.2, 0) is 11.2 Å². The highest BCUT2D eigenvalue weighted by atomic mass is 32.1. The minimum atomic E-state index is -0.436. The fraction of sp³-hybridized carbons (Fsp3) is 0.286. The third kappa shape index (κ3) is 4.71. The van der Waals surface area contributed by atoms with Gasteiger partial charge in [0.2, 0.25) is 11.8 Å². The molecule has 0 N–H and O–H groups in total. The second kappa shape index (κ2) is 8.57. The molecule has 1 aliphatic heterocycles. The van der Waals surface area contributed by atoms with E-state index in [1.807, 2.05) is 29.3 Å². The minimum Gasteiger partial charge on any atom is -0.436 e. The quantitative estimate of drug-likeness (QED) is 0.640. The number of amides is 1. The molecule has 0 unspecified atom stereocenters. The van der Waals surface area contributed by atoms with Gasteiger partial charge >= 0.3 is 0 Å². The number of piperazine rings is 1. The van der Waals surface area contributed by atoms with Crippen LogP contribution in [0.25, 0.3) is 0 Å². The molecule has 150 valence electrons. The molecule has 0 saturated carbocycles. The molecule has 1 fully saturated rings. The average Bonchev–Trinajstić information content (AvgIpc) is 3.24. The van der Waals surface area contributed by atoms with E-state index in [0.29, 0.717) is 38.4 Å². The summed E-state index contributed by atoms with van der Waals surface area (Å²) in [6.07, 6.45) is 1.86. The van der Waals surface area contributed by atoms with Crippen LogP contribution in [0.15, 0.2) is 48.1 Å². The van der Waals surface area contributed by atoms with Gasteiger partial charge in [0.1, 0.15) is 12.1 Å². The van der Waals surface area contributed by atoms with E-state index < -0.39 is 5.82 Å². The molecule has 0 aliphatic carbocycles. The molecule has 1 amide bonds. The largest absolute Gasteiger partial charge is 0.436 e. The molecule has 2 aromatic heterocycles. The minimum absolute atomic E-state index is 0.138. The highest BCUT2D eigenvalue weighted by Crippen LogP contribution is 2.26. The maximum atomic E-state index is 13.9. The van der Waals surface area contributed by atoms with Gasteiger partial charge in [-0.2, -0.15) is 0 Å². The van der Waals surface area contributed by atoms with E-state index in [1.54, 1.807) is 29.5 Å². The highest BCUT2D eigenvalue weighted by Gasteiger charge is 2.22. The molecule has 4 rings (SSSR count). The molecule has 0 spiro atoms. The monoisotopic (exact) mass is 412 g/mol. The molecule has 1 aromatic carbocycles. The van der Waals surface area contributed by atoms with Crippen molar-refractivity contribution in [2.45, 2.75) is 13.3 Å². The third-order valence-corrected chi connectivity index (χ3v) is 5.67. The smallest absolute Gasteiger partial charge is 0.227 e. The van der Waals surface area contributed by atoms with E-state index in [-0.39, 0.29) is 17.5 Å². The molecule has 29 heavy (non-hydrogen) atoms. The lowest BCUT2D eigenvalue weighted by atomic mass is 10.2. The lowest BCUT2D eigenvalue weighted by Crippen LogP contribution is -2.49. The van der Waals surface area contributed by atoms with Crippen LogP contribution in [0, 0.1) is 12.7 Å². The zero-order valence-corrected chi connectivity index (χ0v) is 16.9. The number of carbonyl (C=O) groups is 1. The highest BCUT2D eigenvalue weighted by molar-refractivity contribution is 7.10. The van der Waals surface area contributed by atoms with Crippen molar-refractivity contribution >= 4 is 23.1 Å². The van der Waals surface area contributed by atoms with Crippen LogP contribution in [0.5, 0.6) is 11.6 Å². The molecule has 3 aromatic rings. The normalized spacial score (nSPS) is 14.1. The molecular weight excluding hydrogens is 391 g/mol. The van der Waals surface area contributed by atoms with Crippen LogP contribution >= 0.6 is 11.3 Å². The predicted molar refractivity (Wildman–Crippen MR) is 110 cm³/mol. The zero-order chi connectivity index (χ0) is 20.2. The zero-order valence-electron chi connectivity index (χ0n) is 16.0. The first kappa shape index (κ1) is 19.3. The maximum absolute atomic E-state index is 13.9. The van der Waals surface area contributed by atoms with Gasteiger partial charge in [-0.15, -0.1) is 11.3 Å². The van der Waals surface area contributed by atoms with E-state index in [1.165, 1.54) is 12.4 Å². The number of hydrogen-bond acceptors (Lipinski definition) is 6. The van der Waals surface area contributed by atoms with Crippen molar-refractivity contribution in [3.05, 3.63) is 64.4 Å². The second-order valence-corrected chi connectivity index (χ2v) is 7.91. The van der Waals surface area contributed by atoms with Crippen molar-refractivity contribution in [3.63, 3.8) is 0 Å². The standard InChI is InChI=1S/C21H21FN4O2S/c1-15-4-5-17(22)18(11-15)28-20-13-19(23-14-24-20)25-6-8-26(9-7-25)21(27)12-16-3-2-10-29-16/h2-5,10-11,13-14H,6-9,12H2,1H3. The summed E-state index contributed by atoms with van der Waals surface area (Å²) in [5, 5.41) is 1.98. The van der Waals surface area contributed by atoms with E-state index in [9.17, 15) is 9.18 Å². The van der Waals surface area contributed by atoms with Crippen molar-refractivity contribution in [2.75, 3.05) is 31.1 Å². The Morgan fingerprint density at radius 1 is 1.17 bits per heavy atom. The van der Waals surface area contributed by atoms with Crippen molar-refractivity contribution in [3.8, 4) is 11.6 Å². The first-order valence-electron chi connectivity index (χ1n) is 9.39. The molecule has 0 radical (unpaired) electrons. The molecule has 0 atom stereocenters. The Bertz CT molecular complexity index is 988. The molecule has 3 heterocycles. The van der Waals surface area contributed by atoms with Crippen molar-refractivity contribution in [1.82, 2.24) is 14.9 Å². The van der Waals surface area contributed by atoms with E-state index in [0.717, 1.165) is 10.4 Å². The number of anilines is 1. The van der Waals surface area contributed by atoms with Gasteiger partial charge in [-0.05, 0) is 36.1 Å².